The molecule has 0 spiro atoms. The van der Waals surface area contributed by atoms with E-state index in [2.05, 4.69) is 31.9 Å². The molecule has 0 radical (unpaired) electrons. The standard InChI is InChI=1S/C9H10Br2O2/c10-5-9(13,6-12)7-1-3-8(11)4-2-7/h1-4,12-13H,5-6H2/t9-/m1/s1. The highest BCUT2D eigenvalue weighted by atomic mass is 79.9. The molecule has 1 aromatic rings. The molecule has 0 heterocycles. The lowest BCUT2D eigenvalue weighted by atomic mass is 9.97. The van der Waals surface area contributed by atoms with E-state index in [0.717, 1.165) is 4.47 Å². The summed E-state index contributed by atoms with van der Waals surface area (Å²) in [6.45, 7) is -0.292. The van der Waals surface area contributed by atoms with Crippen molar-refractivity contribution in [1.29, 1.82) is 0 Å². The number of alkyl halides is 1. The number of rotatable bonds is 3. The van der Waals surface area contributed by atoms with Crippen LogP contribution in [0, 0.1) is 0 Å². The summed E-state index contributed by atoms with van der Waals surface area (Å²) < 4.78 is 0.950. The van der Waals surface area contributed by atoms with Gasteiger partial charge < -0.3 is 10.2 Å². The van der Waals surface area contributed by atoms with Gasteiger partial charge in [0.2, 0.25) is 0 Å². The molecule has 0 unspecified atom stereocenters. The summed E-state index contributed by atoms with van der Waals surface area (Å²) in [6, 6.07) is 7.22. The third kappa shape index (κ3) is 2.53. The van der Waals surface area contributed by atoms with Crippen molar-refractivity contribution in [2.75, 3.05) is 11.9 Å². The van der Waals surface area contributed by atoms with Gasteiger partial charge in [0.1, 0.15) is 5.60 Å². The summed E-state index contributed by atoms with van der Waals surface area (Å²) >= 11 is 6.47. The number of hydrogen-bond acceptors (Lipinski definition) is 2. The Labute approximate surface area is 93.8 Å². The zero-order valence-corrected chi connectivity index (χ0v) is 10.0. The van der Waals surface area contributed by atoms with E-state index in [-0.39, 0.29) is 6.61 Å². The predicted octanol–water partition coefficient (Wildman–Crippen LogP) is 2.02. The Bertz CT molecular complexity index is 267. The van der Waals surface area contributed by atoms with Gasteiger partial charge in [0, 0.05) is 9.80 Å². The maximum Gasteiger partial charge on any atom is 0.122 e. The minimum absolute atomic E-state index is 0.292. The van der Waals surface area contributed by atoms with Crippen LogP contribution in [0.25, 0.3) is 0 Å². The summed E-state index contributed by atoms with van der Waals surface area (Å²) in [5.41, 5.74) is -0.476. The molecular formula is C9H10Br2O2. The van der Waals surface area contributed by atoms with Crippen molar-refractivity contribution in [3.05, 3.63) is 34.3 Å². The van der Waals surface area contributed by atoms with Crippen LogP contribution < -0.4 is 0 Å². The van der Waals surface area contributed by atoms with E-state index in [1.807, 2.05) is 12.1 Å². The van der Waals surface area contributed by atoms with Crippen LogP contribution >= 0.6 is 31.9 Å². The minimum Gasteiger partial charge on any atom is -0.393 e. The fourth-order valence-corrected chi connectivity index (χ4v) is 1.74. The van der Waals surface area contributed by atoms with E-state index in [1.54, 1.807) is 12.1 Å². The van der Waals surface area contributed by atoms with Gasteiger partial charge in [0.15, 0.2) is 0 Å². The highest BCUT2D eigenvalue weighted by molar-refractivity contribution is 9.10. The van der Waals surface area contributed by atoms with Gasteiger partial charge in [0.25, 0.3) is 0 Å². The van der Waals surface area contributed by atoms with Crippen molar-refractivity contribution < 1.29 is 10.2 Å². The van der Waals surface area contributed by atoms with E-state index in [1.165, 1.54) is 0 Å². The van der Waals surface area contributed by atoms with Crippen LogP contribution in [0.1, 0.15) is 5.56 Å². The molecule has 0 amide bonds. The smallest absolute Gasteiger partial charge is 0.122 e. The zero-order chi connectivity index (χ0) is 9.90. The fourth-order valence-electron chi connectivity index (χ4n) is 0.971. The lowest BCUT2D eigenvalue weighted by Crippen LogP contribution is -2.31. The molecule has 0 aliphatic heterocycles. The normalized spacial score (nSPS) is 15.4. The van der Waals surface area contributed by atoms with E-state index in [9.17, 15) is 5.11 Å². The molecule has 13 heavy (non-hydrogen) atoms. The van der Waals surface area contributed by atoms with Gasteiger partial charge in [-0.05, 0) is 17.7 Å². The highest BCUT2D eigenvalue weighted by Gasteiger charge is 2.26. The summed E-state index contributed by atoms with van der Waals surface area (Å²) in [6.07, 6.45) is 0. The largest absolute Gasteiger partial charge is 0.393 e. The maximum absolute atomic E-state index is 9.88. The second kappa shape index (κ2) is 4.55. The third-order valence-electron chi connectivity index (χ3n) is 1.86. The van der Waals surface area contributed by atoms with Gasteiger partial charge in [-0.2, -0.15) is 0 Å². The molecule has 4 heteroatoms. The number of aliphatic hydroxyl groups excluding tert-OH is 1. The van der Waals surface area contributed by atoms with E-state index in [4.69, 9.17) is 5.11 Å². The van der Waals surface area contributed by atoms with Crippen LogP contribution in [-0.4, -0.2) is 22.2 Å². The molecule has 0 aliphatic rings. The summed E-state index contributed by atoms with van der Waals surface area (Å²) in [5, 5.41) is 19.2. The maximum atomic E-state index is 9.88. The first-order chi connectivity index (χ1) is 6.12. The van der Waals surface area contributed by atoms with Crippen LogP contribution in [-0.2, 0) is 5.60 Å². The Balaban J connectivity index is 2.99. The molecule has 0 aliphatic carbocycles. The monoisotopic (exact) mass is 308 g/mol. The Morgan fingerprint density at radius 3 is 2.15 bits per heavy atom. The topological polar surface area (TPSA) is 40.5 Å². The molecule has 0 fully saturated rings. The van der Waals surface area contributed by atoms with Gasteiger partial charge in [0.05, 0.1) is 6.61 Å². The predicted molar refractivity (Wildman–Crippen MR) is 58.9 cm³/mol. The number of halogens is 2. The number of benzene rings is 1. The van der Waals surface area contributed by atoms with Crippen LogP contribution in [0.15, 0.2) is 28.7 Å². The summed E-state index contributed by atoms with van der Waals surface area (Å²) in [7, 11) is 0. The first-order valence-electron chi connectivity index (χ1n) is 3.77. The summed E-state index contributed by atoms with van der Waals surface area (Å²) in [5.74, 6) is 0. The Hall–Kier alpha value is 0.1000. The van der Waals surface area contributed by atoms with Gasteiger partial charge in [-0.15, -0.1) is 0 Å². The Kier molecular flexibility index (Phi) is 3.91. The van der Waals surface area contributed by atoms with Gasteiger partial charge >= 0.3 is 0 Å². The second-order valence-corrected chi connectivity index (χ2v) is 4.31. The van der Waals surface area contributed by atoms with E-state index >= 15 is 0 Å². The molecule has 0 saturated carbocycles. The molecule has 0 saturated heterocycles. The molecular weight excluding hydrogens is 300 g/mol. The second-order valence-electron chi connectivity index (χ2n) is 2.83. The van der Waals surface area contributed by atoms with Crippen LogP contribution in [0.5, 0.6) is 0 Å². The summed E-state index contributed by atoms with van der Waals surface area (Å²) in [4.78, 5) is 0. The molecule has 0 aromatic heterocycles. The molecule has 1 aromatic carbocycles. The average molecular weight is 310 g/mol. The van der Waals surface area contributed by atoms with E-state index < -0.39 is 5.60 Å². The molecule has 2 N–H and O–H groups in total. The first kappa shape index (κ1) is 11.2. The lowest BCUT2D eigenvalue weighted by molar-refractivity contribution is 0.00320. The molecule has 72 valence electrons. The first-order valence-corrected chi connectivity index (χ1v) is 5.69. The Morgan fingerprint density at radius 1 is 1.23 bits per heavy atom. The fraction of sp³-hybridized carbons (Fsp3) is 0.333. The van der Waals surface area contributed by atoms with Gasteiger partial charge in [-0.3, -0.25) is 0 Å². The highest BCUT2D eigenvalue weighted by Crippen LogP contribution is 2.24. The molecule has 1 atom stereocenters. The van der Waals surface area contributed by atoms with Crippen molar-refractivity contribution >= 4 is 31.9 Å². The van der Waals surface area contributed by atoms with Crippen molar-refractivity contribution in [2.45, 2.75) is 5.60 Å². The minimum atomic E-state index is -1.18. The number of hydrogen-bond donors (Lipinski definition) is 2. The zero-order valence-electron chi connectivity index (χ0n) is 6.87. The SMILES string of the molecule is OC[C@](O)(CBr)c1ccc(Br)cc1. The van der Waals surface area contributed by atoms with Crippen molar-refractivity contribution in [1.82, 2.24) is 0 Å². The molecule has 1 rings (SSSR count). The van der Waals surface area contributed by atoms with Crippen molar-refractivity contribution in [2.24, 2.45) is 0 Å². The average Bonchev–Trinajstić information content (AvgIpc) is 2.18. The van der Waals surface area contributed by atoms with Crippen LogP contribution in [0.4, 0.5) is 0 Å². The van der Waals surface area contributed by atoms with Crippen molar-refractivity contribution in [3.63, 3.8) is 0 Å². The quantitative estimate of drug-likeness (QED) is 0.839. The lowest BCUT2D eigenvalue weighted by Gasteiger charge is -2.23. The van der Waals surface area contributed by atoms with Crippen LogP contribution in [0.3, 0.4) is 0 Å². The van der Waals surface area contributed by atoms with Gasteiger partial charge in [-0.25, -0.2) is 0 Å². The number of aliphatic hydroxyl groups is 2. The Morgan fingerprint density at radius 2 is 1.77 bits per heavy atom. The van der Waals surface area contributed by atoms with E-state index in [0.29, 0.717) is 10.9 Å². The molecule has 0 bridgehead atoms. The third-order valence-corrected chi connectivity index (χ3v) is 3.32. The molecule has 2 nitrogen and oxygen atoms in total. The van der Waals surface area contributed by atoms with Crippen molar-refractivity contribution in [3.8, 4) is 0 Å². The van der Waals surface area contributed by atoms with Gasteiger partial charge in [-0.1, -0.05) is 44.0 Å². The van der Waals surface area contributed by atoms with Crippen LogP contribution in [0.2, 0.25) is 0 Å².